The summed E-state index contributed by atoms with van der Waals surface area (Å²) in [4.78, 5) is 8.84. The van der Waals surface area contributed by atoms with Gasteiger partial charge in [0.1, 0.15) is 5.82 Å². The van der Waals surface area contributed by atoms with Crippen molar-refractivity contribution in [1.82, 2.24) is 9.97 Å². The molecular weight excluding hydrogens is 260 g/mol. The van der Waals surface area contributed by atoms with Crippen molar-refractivity contribution in [3.05, 3.63) is 41.0 Å². The molecule has 1 saturated carbocycles. The third-order valence-corrected chi connectivity index (χ3v) is 3.10. The summed E-state index contributed by atoms with van der Waals surface area (Å²) in [6.45, 7) is 1.96. The van der Waals surface area contributed by atoms with Crippen LogP contribution in [0.25, 0.3) is 0 Å². The van der Waals surface area contributed by atoms with Gasteiger partial charge >= 0.3 is 0 Å². The quantitative estimate of drug-likeness (QED) is 0.891. The molecule has 0 aliphatic heterocycles. The fourth-order valence-electron chi connectivity index (χ4n) is 1.83. The SMILES string of the molecule is Cc1cc(NC2CC2)nc(Nc2cccc(Cl)c2)n1. The van der Waals surface area contributed by atoms with Gasteiger partial charge in [0.25, 0.3) is 0 Å². The minimum atomic E-state index is 0.577. The van der Waals surface area contributed by atoms with Gasteiger partial charge in [-0.3, -0.25) is 0 Å². The predicted molar refractivity (Wildman–Crippen MR) is 78.1 cm³/mol. The molecule has 0 atom stereocenters. The third-order valence-electron chi connectivity index (χ3n) is 2.86. The molecule has 0 spiro atoms. The summed E-state index contributed by atoms with van der Waals surface area (Å²) < 4.78 is 0. The molecule has 1 aliphatic carbocycles. The Morgan fingerprint density at radius 2 is 2.05 bits per heavy atom. The lowest BCUT2D eigenvalue weighted by Gasteiger charge is -2.09. The first kappa shape index (κ1) is 12.2. The fourth-order valence-corrected chi connectivity index (χ4v) is 2.02. The van der Waals surface area contributed by atoms with E-state index in [2.05, 4.69) is 20.6 Å². The second kappa shape index (κ2) is 5.05. The topological polar surface area (TPSA) is 49.8 Å². The van der Waals surface area contributed by atoms with E-state index in [1.54, 1.807) is 0 Å². The van der Waals surface area contributed by atoms with E-state index in [0.717, 1.165) is 17.2 Å². The van der Waals surface area contributed by atoms with Crippen molar-refractivity contribution in [2.75, 3.05) is 10.6 Å². The van der Waals surface area contributed by atoms with Crippen molar-refractivity contribution >= 4 is 29.1 Å². The molecule has 1 fully saturated rings. The lowest BCUT2D eigenvalue weighted by molar-refractivity contribution is 1.06. The zero-order valence-corrected chi connectivity index (χ0v) is 11.4. The largest absolute Gasteiger partial charge is 0.367 e. The molecular formula is C14H15ClN4. The molecule has 19 heavy (non-hydrogen) atoms. The molecule has 1 aromatic heterocycles. The monoisotopic (exact) mass is 274 g/mol. The van der Waals surface area contributed by atoms with Gasteiger partial charge in [-0.25, -0.2) is 4.98 Å². The van der Waals surface area contributed by atoms with Crippen LogP contribution < -0.4 is 10.6 Å². The smallest absolute Gasteiger partial charge is 0.229 e. The number of anilines is 3. The minimum Gasteiger partial charge on any atom is -0.367 e. The van der Waals surface area contributed by atoms with Crippen LogP contribution in [-0.2, 0) is 0 Å². The Balaban J connectivity index is 1.81. The zero-order valence-electron chi connectivity index (χ0n) is 10.7. The Kier molecular flexibility index (Phi) is 3.25. The number of aryl methyl sites for hydroxylation is 1. The molecule has 0 radical (unpaired) electrons. The number of nitrogens with zero attached hydrogens (tertiary/aromatic N) is 2. The number of benzene rings is 1. The van der Waals surface area contributed by atoms with Gasteiger partial charge in [0.15, 0.2) is 0 Å². The van der Waals surface area contributed by atoms with E-state index < -0.39 is 0 Å². The van der Waals surface area contributed by atoms with Crippen LogP contribution in [0.5, 0.6) is 0 Å². The summed E-state index contributed by atoms with van der Waals surface area (Å²) in [6.07, 6.45) is 2.44. The van der Waals surface area contributed by atoms with Crippen LogP contribution in [0.1, 0.15) is 18.5 Å². The number of nitrogens with one attached hydrogen (secondary N) is 2. The first-order chi connectivity index (χ1) is 9.19. The Hall–Kier alpha value is -1.81. The zero-order chi connectivity index (χ0) is 13.2. The van der Waals surface area contributed by atoms with Crippen molar-refractivity contribution in [1.29, 1.82) is 0 Å². The number of hydrogen-bond donors (Lipinski definition) is 2. The van der Waals surface area contributed by atoms with Crippen molar-refractivity contribution in [2.24, 2.45) is 0 Å². The van der Waals surface area contributed by atoms with Gasteiger partial charge in [0.2, 0.25) is 5.95 Å². The number of hydrogen-bond acceptors (Lipinski definition) is 4. The first-order valence-electron chi connectivity index (χ1n) is 6.34. The van der Waals surface area contributed by atoms with E-state index in [9.17, 15) is 0 Å². The summed E-state index contributed by atoms with van der Waals surface area (Å²) in [5.41, 5.74) is 1.82. The molecule has 3 rings (SSSR count). The van der Waals surface area contributed by atoms with E-state index in [1.807, 2.05) is 37.3 Å². The Morgan fingerprint density at radius 1 is 1.21 bits per heavy atom. The molecule has 0 saturated heterocycles. The molecule has 0 bridgehead atoms. The molecule has 5 heteroatoms. The molecule has 2 aromatic rings. The van der Waals surface area contributed by atoms with Crippen LogP contribution in [0.3, 0.4) is 0 Å². The van der Waals surface area contributed by atoms with Crippen LogP contribution in [0.4, 0.5) is 17.5 Å². The molecule has 98 valence electrons. The molecule has 1 aliphatic rings. The van der Waals surface area contributed by atoms with Gasteiger partial charge < -0.3 is 10.6 Å². The fraction of sp³-hybridized carbons (Fsp3) is 0.286. The summed E-state index contributed by atoms with van der Waals surface area (Å²) >= 11 is 5.96. The van der Waals surface area contributed by atoms with Crippen LogP contribution in [0, 0.1) is 6.92 Å². The first-order valence-corrected chi connectivity index (χ1v) is 6.72. The van der Waals surface area contributed by atoms with E-state index in [4.69, 9.17) is 11.6 Å². The Labute approximate surface area is 117 Å². The summed E-state index contributed by atoms with van der Waals surface area (Å²) in [5, 5.41) is 7.24. The highest BCUT2D eigenvalue weighted by Crippen LogP contribution is 2.25. The van der Waals surface area contributed by atoms with Crippen LogP contribution in [-0.4, -0.2) is 16.0 Å². The van der Waals surface area contributed by atoms with E-state index in [1.165, 1.54) is 12.8 Å². The molecule has 0 amide bonds. The molecule has 4 nitrogen and oxygen atoms in total. The highest BCUT2D eigenvalue weighted by Gasteiger charge is 2.21. The molecule has 2 N–H and O–H groups in total. The van der Waals surface area contributed by atoms with Crippen LogP contribution in [0.2, 0.25) is 5.02 Å². The standard InChI is InChI=1S/C14H15ClN4/c1-9-7-13(17-11-5-6-11)19-14(16-9)18-12-4-2-3-10(15)8-12/h2-4,7-8,11H,5-6H2,1H3,(H2,16,17,18,19). The van der Waals surface area contributed by atoms with Crippen LogP contribution in [0.15, 0.2) is 30.3 Å². The maximum atomic E-state index is 5.96. The Bertz CT molecular complexity index is 596. The maximum Gasteiger partial charge on any atom is 0.229 e. The third kappa shape index (κ3) is 3.35. The second-order valence-corrected chi connectivity index (χ2v) is 5.21. The molecule has 1 aromatic carbocycles. The molecule has 0 unspecified atom stereocenters. The minimum absolute atomic E-state index is 0.577. The average molecular weight is 275 g/mol. The van der Waals surface area contributed by atoms with Crippen molar-refractivity contribution in [3.8, 4) is 0 Å². The van der Waals surface area contributed by atoms with Gasteiger partial charge in [-0.1, -0.05) is 17.7 Å². The number of halogens is 1. The second-order valence-electron chi connectivity index (χ2n) is 4.77. The predicted octanol–water partition coefficient (Wildman–Crippen LogP) is 3.76. The lowest BCUT2D eigenvalue weighted by Crippen LogP contribution is -2.06. The van der Waals surface area contributed by atoms with Crippen molar-refractivity contribution in [3.63, 3.8) is 0 Å². The number of aromatic nitrogens is 2. The van der Waals surface area contributed by atoms with Gasteiger partial charge in [0, 0.05) is 28.5 Å². The Morgan fingerprint density at radius 3 is 2.79 bits per heavy atom. The summed E-state index contributed by atoms with van der Waals surface area (Å²) in [6, 6.07) is 10.1. The highest BCUT2D eigenvalue weighted by atomic mass is 35.5. The maximum absolute atomic E-state index is 5.96. The summed E-state index contributed by atoms with van der Waals surface area (Å²) in [5.74, 6) is 1.46. The van der Waals surface area contributed by atoms with E-state index in [0.29, 0.717) is 17.0 Å². The number of rotatable bonds is 4. The average Bonchev–Trinajstić information content (AvgIpc) is 3.12. The van der Waals surface area contributed by atoms with E-state index >= 15 is 0 Å². The van der Waals surface area contributed by atoms with Gasteiger partial charge in [0.05, 0.1) is 0 Å². The van der Waals surface area contributed by atoms with Gasteiger partial charge in [-0.05, 0) is 38.0 Å². The highest BCUT2D eigenvalue weighted by molar-refractivity contribution is 6.30. The van der Waals surface area contributed by atoms with Crippen molar-refractivity contribution in [2.45, 2.75) is 25.8 Å². The van der Waals surface area contributed by atoms with E-state index in [-0.39, 0.29) is 0 Å². The van der Waals surface area contributed by atoms with Gasteiger partial charge in [-0.2, -0.15) is 4.98 Å². The summed E-state index contributed by atoms with van der Waals surface area (Å²) in [7, 11) is 0. The normalized spacial score (nSPS) is 14.2. The molecule has 1 heterocycles. The van der Waals surface area contributed by atoms with Crippen LogP contribution >= 0.6 is 11.6 Å². The van der Waals surface area contributed by atoms with Gasteiger partial charge in [-0.15, -0.1) is 0 Å². The lowest BCUT2D eigenvalue weighted by atomic mass is 10.3. The van der Waals surface area contributed by atoms with Crippen molar-refractivity contribution < 1.29 is 0 Å².